The first-order chi connectivity index (χ1) is 16.8. The van der Waals surface area contributed by atoms with Gasteiger partial charge in [0.25, 0.3) is 0 Å². The molecule has 1 unspecified atom stereocenters. The normalized spacial score (nSPS) is 14.3. The number of rotatable bonds is 7. The number of primary amides is 1. The smallest absolute Gasteiger partial charge is 0.366 e. The minimum absolute atomic E-state index is 0.196. The van der Waals surface area contributed by atoms with Crippen molar-refractivity contribution in [3.8, 4) is 0 Å². The zero-order chi connectivity index (χ0) is 28.5. The molecule has 2 rings (SSSR count). The third-order valence-corrected chi connectivity index (χ3v) is 6.45. The van der Waals surface area contributed by atoms with E-state index in [1.807, 2.05) is 0 Å². The summed E-state index contributed by atoms with van der Waals surface area (Å²) in [4.78, 5) is 24.7. The molecule has 2 amide bonds. The number of carbonyl (C=O) groups is 2. The molecule has 0 saturated heterocycles. The number of carbonyl (C=O) groups excluding carboxylic acids is 2. The maximum absolute atomic E-state index is 15.1. The maximum Gasteiger partial charge on any atom is 0.406 e. The molecule has 2 N–H and O–H groups in total. The van der Waals surface area contributed by atoms with Crippen molar-refractivity contribution in [1.82, 2.24) is 4.90 Å². The van der Waals surface area contributed by atoms with E-state index in [0.717, 1.165) is 44.3 Å². The lowest BCUT2D eigenvalue weighted by Crippen LogP contribution is -2.38. The highest BCUT2D eigenvalue weighted by atomic mass is 35.5. The van der Waals surface area contributed by atoms with Crippen LogP contribution in [0.1, 0.15) is 45.8 Å². The molecule has 0 aromatic heterocycles. The minimum atomic E-state index is -5.00. The number of nitrogens with two attached hydrogens (primary N) is 1. The fourth-order valence-electron chi connectivity index (χ4n) is 3.48. The van der Waals surface area contributed by atoms with E-state index < -0.39 is 59.5 Å². The van der Waals surface area contributed by atoms with Crippen LogP contribution in [0.2, 0.25) is 15.1 Å². The van der Waals surface area contributed by atoms with Crippen LogP contribution in [0.25, 0.3) is 5.83 Å². The first-order valence-electron chi connectivity index (χ1n) is 10.2. The summed E-state index contributed by atoms with van der Waals surface area (Å²) in [6.07, 6.45) is -9.49. The molecule has 202 valence electrons. The van der Waals surface area contributed by atoms with Crippen LogP contribution < -0.4 is 5.73 Å². The predicted molar refractivity (Wildman–Crippen MR) is 126 cm³/mol. The summed E-state index contributed by atoms with van der Waals surface area (Å²) in [5.74, 6) is -7.53. The Kier molecular flexibility index (Phi) is 9.54. The van der Waals surface area contributed by atoms with Crippen molar-refractivity contribution in [2.24, 2.45) is 5.73 Å². The van der Waals surface area contributed by atoms with Crippen molar-refractivity contribution in [1.29, 1.82) is 0 Å². The van der Waals surface area contributed by atoms with E-state index >= 15 is 4.39 Å². The van der Waals surface area contributed by atoms with E-state index in [9.17, 15) is 35.9 Å². The van der Waals surface area contributed by atoms with Gasteiger partial charge in [-0.15, -0.1) is 0 Å². The second-order valence-electron chi connectivity index (χ2n) is 8.03. The Bertz CT molecular complexity index is 1210. The highest BCUT2D eigenvalue weighted by Gasteiger charge is 2.40. The molecule has 0 aliphatic heterocycles. The molecule has 0 saturated carbocycles. The van der Waals surface area contributed by atoms with Gasteiger partial charge in [-0.2, -0.15) is 26.3 Å². The molecule has 4 nitrogen and oxygen atoms in total. The Hall–Kier alpha value is -2.50. The monoisotopic (exact) mass is 592 g/mol. The average molecular weight is 594 g/mol. The molecule has 0 bridgehead atoms. The van der Waals surface area contributed by atoms with Crippen LogP contribution in [0.15, 0.2) is 36.4 Å². The Balaban J connectivity index is 2.58. The average Bonchev–Trinajstić information content (AvgIpc) is 2.77. The van der Waals surface area contributed by atoms with Gasteiger partial charge >= 0.3 is 12.4 Å². The van der Waals surface area contributed by atoms with E-state index in [2.05, 4.69) is 0 Å². The van der Waals surface area contributed by atoms with E-state index in [-0.39, 0.29) is 32.3 Å². The van der Waals surface area contributed by atoms with Crippen molar-refractivity contribution in [2.75, 3.05) is 13.6 Å². The zero-order valence-electron chi connectivity index (χ0n) is 18.9. The number of amides is 2. The Morgan fingerprint density at radius 3 is 2.03 bits per heavy atom. The molecular weight excluding hydrogens is 576 g/mol. The molecule has 0 aliphatic carbocycles. The van der Waals surface area contributed by atoms with Crippen LogP contribution in [0, 0.1) is 0 Å². The highest BCUT2D eigenvalue weighted by molar-refractivity contribution is 6.48. The summed E-state index contributed by atoms with van der Waals surface area (Å²) in [6, 6.07) is 4.53. The SMILES string of the molecule is C[C@@H](C(=O)N(C)CC(F)(F)F)c1cc(/C(F)=C/C(c2cc(Cl)c(Cl)c(Cl)c2)C(F)(F)F)ccc1C(N)=O. The fraction of sp³-hybridized carbons (Fsp3) is 0.304. The number of halogens is 10. The largest absolute Gasteiger partial charge is 0.406 e. The Morgan fingerprint density at radius 1 is 1.03 bits per heavy atom. The number of allylic oxidation sites excluding steroid dienone is 1. The van der Waals surface area contributed by atoms with Gasteiger partial charge in [0.1, 0.15) is 18.3 Å². The Morgan fingerprint density at radius 2 is 1.57 bits per heavy atom. The van der Waals surface area contributed by atoms with Gasteiger partial charge in [-0.3, -0.25) is 9.59 Å². The fourth-order valence-corrected chi connectivity index (χ4v) is 4.09. The van der Waals surface area contributed by atoms with Gasteiger partial charge in [0.2, 0.25) is 11.8 Å². The quantitative estimate of drug-likeness (QED) is 0.267. The highest BCUT2D eigenvalue weighted by Crippen LogP contribution is 2.42. The van der Waals surface area contributed by atoms with Crippen LogP contribution in [-0.4, -0.2) is 42.7 Å². The van der Waals surface area contributed by atoms with Crippen LogP contribution in [-0.2, 0) is 4.79 Å². The summed E-state index contributed by atoms with van der Waals surface area (Å²) in [7, 11) is 0.872. The van der Waals surface area contributed by atoms with Crippen molar-refractivity contribution in [3.05, 3.63) is 73.7 Å². The van der Waals surface area contributed by atoms with Crippen molar-refractivity contribution in [2.45, 2.75) is 31.1 Å². The van der Waals surface area contributed by atoms with Crippen LogP contribution >= 0.6 is 34.8 Å². The summed E-state index contributed by atoms with van der Waals surface area (Å²) < 4.78 is 94.7. The van der Waals surface area contributed by atoms with Gasteiger partial charge in [0, 0.05) is 18.2 Å². The number of nitrogens with zero attached hydrogens (tertiary/aromatic N) is 1. The molecule has 14 heteroatoms. The third kappa shape index (κ3) is 7.75. The third-order valence-electron chi connectivity index (χ3n) is 5.25. The second-order valence-corrected chi connectivity index (χ2v) is 9.22. The van der Waals surface area contributed by atoms with Crippen molar-refractivity contribution in [3.63, 3.8) is 0 Å². The number of hydrogen-bond donors (Lipinski definition) is 1. The molecule has 0 spiro atoms. The van der Waals surface area contributed by atoms with Gasteiger partial charge in [-0.05, 0) is 48.4 Å². The topological polar surface area (TPSA) is 63.4 Å². The van der Waals surface area contributed by atoms with Gasteiger partial charge in [0.15, 0.2) is 0 Å². The molecule has 37 heavy (non-hydrogen) atoms. The summed E-state index contributed by atoms with van der Waals surface area (Å²) in [5.41, 5.74) is 3.68. The number of hydrogen-bond acceptors (Lipinski definition) is 2. The molecule has 2 atom stereocenters. The molecular formula is C23H18Cl3F7N2O2. The molecule has 2 aromatic rings. The lowest BCUT2D eigenvalue weighted by atomic mass is 9.91. The number of likely N-dealkylation sites (N-methyl/N-ethyl adjacent to an activating group) is 1. The summed E-state index contributed by atoms with van der Waals surface area (Å²) in [6.45, 7) is -0.450. The first kappa shape index (κ1) is 30.7. The van der Waals surface area contributed by atoms with E-state index in [4.69, 9.17) is 40.5 Å². The molecule has 0 fully saturated rings. The van der Waals surface area contributed by atoms with Crippen LogP contribution in [0.4, 0.5) is 30.7 Å². The maximum atomic E-state index is 15.1. The molecule has 2 aromatic carbocycles. The van der Waals surface area contributed by atoms with E-state index in [0.29, 0.717) is 4.90 Å². The predicted octanol–water partition coefficient (Wildman–Crippen LogP) is 7.53. The first-order valence-corrected chi connectivity index (χ1v) is 11.3. The number of benzene rings is 2. The zero-order valence-corrected chi connectivity index (χ0v) is 21.2. The number of alkyl halides is 6. The van der Waals surface area contributed by atoms with E-state index in [1.54, 1.807) is 0 Å². The summed E-state index contributed by atoms with van der Waals surface area (Å²) >= 11 is 17.4. The molecule has 0 radical (unpaired) electrons. The lowest BCUT2D eigenvalue weighted by molar-refractivity contribution is -0.159. The standard InChI is InChI=1S/C23H18Cl3F7N2O2/c1-10(21(37)35(2)9-22(28,29)30)14-5-11(3-4-13(14)20(34)36)18(27)8-15(23(31,32)33)12-6-16(24)19(26)17(25)7-12/h3-8,10,15H,9H2,1-2H3,(H2,34,36)/b18-8-/t10-,15?/m1/s1. The van der Waals surface area contributed by atoms with Gasteiger partial charge in [-0.25, -0.2) is 4.39 Å². The summed E-state index contributed by atoms with van der Waals surface area (Å²) in [5, 5.41) is -0.787. The van der Waals surface area contributed by atoms with Crippen LogP contribution in [0.5, 0.6) is 0 Å². The van der Waals surface area contributed by atoms with E-state index in [1.165, 1.54) is 0 Å². The molecule has 0 heterocycles. The van der Waals surface area contributed by atoms with Crippen molar-refractivity contribution < 1.29 is 40.3 Å². The minimum Gasteiger partial charge on any atom is -0.366 e. The Labute approximate surface area is 221 Å². The van der Waals surface area contributed by atoms with Gasteiger partial charge < -0.3 is 10.6 Å². The molecule has 0 aliphatic rings. The lowest BCUT2D eigenvalue weighted by Gasteiger charge is -2.24. The van der Waals surface area contributed by atoms with Crippen molar-refractivity contribution >= 4 is 52.4 Å². The van der Waals surface area contributed by atoms with Gasteiger partial charge in [0.05, 0.1) is 21.0 Å². The van der Waals surface area contributed by atoms with Gasteiger partial charge in [-0.1, -0.05) is 40.9 Å². The van der Waals surface area contributed by atoms with Crippen LogP contribution in [0.3, 0.4) is 0 Å². The second kappa shape index (κ2) is 11.5.